The quantitative estimate of drug-likeness (QED) is 0.626. The van der Waals surface area contributed by atoms with Gasteiger partial charge in [-0.15, -0.1) is 0 Å². The van der Waals surface area contributed by atoms with Crippen molar-refractivity contribution in [3.05, 3.63) is 40.9 Å². The van der Waals surface area contributed by atoms with Crippen LogP contribution in [0.15, 0.2) is 35.2 Å². The molecular weight excluding hydrogens is 456 g/mol. The Morgan fingerprint density at radius 3 is 2.41 bits per heavy atom. The molecule has 0 unspecified atom stereocenters. The first-order valence-electron chi connectivity index (χ1n) is 10.4. The molecule has 0 spiro atoms. The number of hydrogen-bond acceptors (Lipinski definition) is 7. The summed E-state index contributed by atoms with van der Waals surface area (Å²) in [6.45, 7) is 3.85. The largest absolute Gasteiger partial charge is 0.493 e. The topological polar surface area (TPSA) is 77.5 Å². The minimum Gasteiger partial charge on any atom is -0.493 e. The summed E-state index contributed by atoms with van der Waals surface area (Å²) in [4.78, 5) is 2.40. The maximum absolute atomic E-state index is 13.1. The molecule has 2 heterocycles. The fraction of sp³-hybridized carbons (Fsp3) is 0.455. The molecule has 0 atom stereocenters. The Morgan fingerprint density at radius 2 is 1.69 bits per heavy atom. The number of hydrogen-bond donors (Lipinski definition) is 0. The van der Waals surface area contributed by atoms with E-state index >= 15 is 0 Å². The SMILES string of the molecule is COc1ccc(S(=O)(=O)N2CCN(Cc3cc(Cl)c4c(c3)OCCCO4)CC2)cc1OC. The van der Waals surface area contributed by atoms with Crippen LogP contribution < -0.4 is 18.9 Å². The maximum Gasteiger partial charge on any atom is 0.243 e. The second kappa shape index (κ2) is 9.74. The molecule has 2 aliphatic rings. The van der Waals surface area contributed by atoms with E-state index in [1.807, 2.05) is 12.1 Å². The van der Waals surface area contributed by atoms with E-state index in [4.69, 9.17) is 30.5 Å². The molecule has 8 nitrogen and oxygen atoms in total. The maximum atomic E-state index is 13.1. The Labute approximate surface area is 193 Å². The molecule has 0 bridgehead atoms. The van der Waals surface area contributed by atoms with Crippen molar-refractivity contribution in [2.45, 2.75) is 17.9 Å². The number of halogens is 1. The molecule has 10 heteroatoms. The second-order valence-electron chi connectivity index (χ2n) is 7.65. The van der Waals surface area contributed by atoms with Gasteiger partial charge in [-0.3, -0.25) is 4.90 Å². The summed E-state index contributed by atoms with van der Waals surface area (Å²) >= 11 is 6.40. The van der Waals surface area contributed by atoms with E-state index in [1.165, 1.54) is 24.6 Å². The summed E-state index contributed by atoms with van der Waals surface area (Å²) in [5.41, 5.74) is 1.01. The Morgan fingerprint density at radius 1 is 0.969 bits per heavy atom. The van der Waals surface area contributed by atoms with Crippen LogP contribution in [-0.2, 0) is 16.6 Å². The van der Waals surface area contributed by atoms with Gasteiger partial charge in [0.2, 0.25) is 10.0 Å². The summed E-state index contributed by atoms with van der Waals surface area (Å²) in [5.74, 6) is 2.14. The monoisotopic (exact) mass is 482 g/mol. The smallest absolute Gasteiger partial charge is 0.243 e. The van der Waals surface area contributed by atoms with Crippen LogP contribution >= 0.6 is 11.6 Å². The van der Waals surface area contributed by atoms with Gasteiger partial charge in [0, 0.05) is 45.2 Å². The molecule has 0 N–H and O–H groups in total. The highest BCUT2D eigenvalue weighted by atomic mass is 35.5. The van der Waals surface area contributed by atoms with Crippen LogP contribution in [-0.4, -0.2) is 71.2 Å². The number of benzene rings is 2. The molecule has 1 saturated heterocycles. The summed E-state index contributed by atoms with van der Waals surface area (Å²) in [6, 6.07) is 8.50. The average Bonchev–Trinajstić information content (AvgIpc) is 3.05. The van der Waals surface area contributed by atoms with Crippen LogP contribution in [0, 0.1) is 0 Å². The van der Waals surface area contributed by atoms with Gasteiger partial charge < -0.3 is 18.9 Å². The third-order valence-electron chi connectivity index (χ3n) is 5.59. The molecule has 1 fully saturated rings. The van der Waals surface area contributed by atoms with Crippen molar-refractivity contribution >= 4 is 21.6 Å². The number of piperazine rings is 1. The van der Waals surface area contributed by atoms with Gasteiger partial charge in [0.15, 0.2) is 23.0 Å². The van der Waals surface area contributed by atoms with Crippen molar-refractivity contribution in [1.82, 2.24) is 9.21 Å². The van der Waals surface area contributed by atoms with Crippen LogP contribution in [0.25, 0.3) is 0 Å². The first kappa shape index (κ1) is 23.0. The van der Waals surface area contributed by atoms with E-state index in [2.05, 4.69) is 4.90 Å². The Bertz CT molecular complexity index is 1070. The van der Waals surface area contributed by atoms with Crippen LogP contribution in [0.1, 0.15) is 12.0 Å². The van der Waals surface area contributed by atoms with Crippen LogP contribution in [0.5, 0.6) is 23.0 Å². The average molecular weight is 483 g/mol. The third-order valence-corrected chi connectivity index (χ3v) is 7.77. The van der Waals surface area contributed by atoms with Crippen molar-refractivity contribution in [1.29, 1.82) is 0 Å². The molecule has 2 aromatic carbocycles. The van der Waals surface area contributed by atoms with Gasteiger partial charge >= 0.3 is 0 Å². The van der Waals surface area contributed by atoms with E-state index in [0.717, 1.165) is 12.0 Å². The number of methoxy groups -OCH3 is 2. The zero-order chi connectivity index (χ0) is 22.7. The van der Waals surface area contributed by atoms with Crippen LogP contribution in [0.4, 0.5) is 0 Å². The third kappa shape index (κ3) is 4.76. The predicted octanol–water partition coefficient (Wildman–Crippen LogP) is 3.03. The zero-order valence-corrected chi connectivity index (χ0v) is 19.7. The normalized spacial score (nSPS) is 17.6. The highest BCUT2D eigenvalue weighted by molar-refractivity contribution is 7.89. The van der Waals surface area contributed by atoms with E-state index < -0.39 is 10.0 Å². The lowest BCUT2D eigenvalue weighted by atomic mass is 10.1. The molecule has 2 aromatic rings. The first-order chi connectivity index (χ1) is 15.4. The molecule has 0 aliphatic carbocycles. The molecule has 0 radical (unpaired) electrons. The van der Waals surface area contributed by atoms with E-state index in [-0.39, 0.29) is 4.90 Å². The lowest BCUT2D eigenvalue weighted by molar-refractivity contribution is 0.181. The van der Waals surface area contributed by atoms with Crippen LogP contribution in [0.2, 0.25) is 5.02 Å². The lowest BCUT2D eigenvalue weighted by Gasteiger charge is -2.34. The van der Waals surface area contributed by atoms with E-state index in [9.17, 15) is 8.42 Å². The number of sulfonamides is 1. The van der Waals surface area contributed by atoms with E-state index in [1.54, 1.807) is 12.1 Å². The van der Waals surface area contributed by atoms with Gasteiger partial charge in [-0.25, -0.2) is 8.42 Å². The van der Waals surface area contributed by atoms with Crippen molar-refractivity contribution in [2.75, 3.05) is 53.6 Å². The molecule has 2 aliphatic heterocycles. The predicted molar refractivity (Wildman–Crippen MR) is 121 cm³/mol. The van der Waals surface area contributed by atoms with Gasteiger partial charge in [-0.2, -0.15) is 4.31 Å². The zero-order valence-electron chi connectivity index (χ0n) is 18.2. The Balaban J connectivity index is 1.42. The standard InChI is InChI=1S/C22H27ClN2O6S/c1-28-19-5-4-17(14-20(19)29-2)32(26,27)25-8-6-24(7-9-25)15-16-12-18(23)22-21(13-16)30-10-3-11-31-22/h4-5,12-14H,3,6-11,15H2,1-2H3. The van der Waals surface area contributed by atoms with Crippen LogP contribution in [0.3, 0.4) is 0 Å². The molecule has 0 saturated carbocycles. The highest BCUT2D eigenvalue weighted by Gasteiger charge is 2.29. The highest BCUT2D eigenvalue weighted by Crippen LogP contribution is 2.38. The van der Waals surface area contributed by atoms with Gasteiger partial charge in [0.25, 0.3) is 0 Å². The van der Waals surface area contributed by atoms with Crippen molar-refractivity contribution < 1.29 is 27.4 Å². The first-order valence-corrected chi connectivity index (χ1v) is 12.3. The van der Waals surface area contributed by atoms with Gasteiger partial charge in [-0.1, -0.05) is 11.6 Å². The molecule has 4 rings (SSSR count). The van der Waals surface area contributed by atoms with E-state index in [0.29, 0.717) is 74.0 Å². The summed E-state index contributed by atoms with van der Waals surface area (Å²) in [6.07, 6.45) is 0.816. The second-order valence-corrected chi connectivity index (χ2v) is 10.00. The molecule has 32 heavy (non-hydrogen) atoms. The Kier molecular flexibility index (Phi) is 6.99. The number of fused-ring (bicyclic) bond motifs is 1. The molecule has 0 aromatic heterocycles. The van der Waals surface area contributed by atoms with Gasteiger partial charge in [0.1, 0.15) is 0 Å². The molecule has 0 amide bonds. The Hall–Kier alpha value is -2.20. The summed E-state index contributed by atoms with van der Waals surface area (Å²) in [7, 11) is -0.625. The van der Waals surface area contributed by atoms with Crippen molar-refractivity contribution in [3.8, 4) is 23.0 Å². The van der Waals surface area contributed by atoms with Crippen molar-refractivity contribution in [3.63, 3.8) is 0 Å². The fourth-order valence-corrected chi connectivity index (χ4v) is 5.61. The lowest BCUT2D eigenvalue weighted by Crippen LogP contribution is -2.48. The van der Waals surface area contributed by atoms with Gasteiger partial charge in [0.05, 0.1) is 37.4 Å². The minimum atomic E-state index is -3.63. The molecule has 174 valence electrons. The van der Waals surface area contributed by atoms with Gasteiger partial charge in [-0.05, 0) is 29.8 Å². The van der Waals surface area contributed by atoms with Crippen molar-refractivity contribution in [2.24, 2.45) is 0 Å². The number of nitrogens with zero attached hydrogens (tertiary/aromatic N) is 2. The molecular formula is C22H27ClN2O6S. The summed E-state index contributed by atoms with van der Waals surface area (Å²) < 4.78 is 49.7. The number of rotatable bonds is 6. The number of ether oxygens (including phenoxy) is 4. The minimum absolute atomic E-state index is 0.193. The summed E-state index contributed by atoms with van der Waals surface area (Å²) in [5, 5.41) is 0.536. The fourth-order valence-electron chi connectivity index (χ4n) is 3.89.